The maximum Gasteiger partial charge on any atom is 0.256 e. The summed E-state index contributed by atoms with van der Waals surface area (Å²) in [4.78, 5) is 19.1. The Labute approximate surface area is 177 Å². The third-order valence-electron chi connectivity index (χ3n) is 5.04. The summed E-state index contributed by atoms with van der Waals surface area (Å²) < 4.78 is 29.4. The molecule has 1 atom stereocenters. The van der Waals surface area contributed by atoms with Crippen molar-refractivity contribution in [3.63, 3.8) is 0 Å². The van der Waals surface area contributed by atoms with Crippen molar-refractivity contribution in [2.45, 2.75) is 18.9 Å². The van der Waals surface area contributed by atoms with E-state index in [1.54, 1.807) is 37.3 Å². The van der Waals surface area contributed by atoms with Crippen LogP contribution in [0.5, 0.6) is 11.5 Å². The lowest BCUT2D eigenvalue weighted by Crippen LogP contribution is -2.31. The predicted octanol–water partition coefficient (Wildman–Crippen LogP) is 4.52. The molecule has 2 aromatic carbocycles. The van der Waals surface area contributed by atoms with Crippen molar-refractivity contribution < 1.29 is 23.2 Å². The van der Waals surface area contributed by atoms with Crippen LogP contribution in [0.1, 0.15) is 35.1 Å². The number of ether oxygens (including phenoxy) is 2. The molecule has 0 radical (unpaired) electrons. The molecule has 1 unspecified atom stereocenters. The van der Waals surface area contributed by atoms with Crippen LogP contribution in [0.3, 0.4) is 0 Å². The molecule has 1 aliphatic rings. The van der Waals surface area contributed by atoms with Crippen molar-refractivity contribution in [1.29, 1.82) is 0 Å². The van der Waals surface area contributed by atoms with E-state index < -0.39 is 5.82 Å². The van der Waals surface area contributed by atoms with Gasteiger partial charge in [0.2, 0.25) is 11.7 Å². The van der Waals surface area contributed by atoms with Crippen LogP contribution in [0.4, 0.5) is 4.39 Å². The lowest BCUT2D eigenvalue weighted by Gasteiger charge is -2.22. The number of aromatic nitrogens is 2. The Morgan fingerprint density at radius 1 is 1.20 bits per heavy atom. The third kappa shape index (κ3) is 3.70. The number of benzene rings is 2. The zero-order valence-corrected chi connectivity index (χ0v) is 17.1. The second kappa shape index (κ2) is 8.31. The van der Waals surface area contributed by atoms with E-state index in [-0.39, 0.29) is 22.5 Å². The first-order valence-electron chi connectivity index (χ1n) is 9.34. The van der Waals surface area contributed by atoms with E-state index in [2.05, 4.69) is 10.1 Å². The van der Waals surface area contributed by atoms with Crippen molar-refractivity contribution in [2.24, 2.45) is 0 Å². The SMILES string of the molecule is COc1ccc(-c2noc(C3CCCN3C(=O)c3ccc(F)cc3Cl)n2)cc1OC. The number of carbonyl (C=O) groups is 1. The summed E-state index contributed by atoms with van der Waals surface area (Å²) in [5, 5.41) is 4.13. The van der Waals surface area contributed by atoms with Crippen LogP contribution in [0.25, 0.3) is 11.4 Å². The highest BCUT2D eigenvalue weighted by Crippen LogP contribution is 2.36. The molecule has 30 heavy (non-hydrogen) atoms. The van der Waals surface area contributed by atoms with Gasteiger partial charge in [-0.15, -0.1) is 0 Å². The van der Waals surface area contributed by atoms with Gasteiger partial charge >= 0.3 is 0 Å². The van der Waals surface area contributed by atoms with E-state index in [0.29, 0.717) is 41.7 Å². The number of hydrogen-bond donors (Lipinski definition) is 0. The van der Waals surface area contributed by atoms with Gasteiger partial charge in [-0.1, -0.05) is 16.8 Å². The minimum absolute atomic E-state index is 0.0715. The summed E-state index contributed by atoms with van der Waals surface area (Å²) in [5.41, 5.74) is 0.935. The molecule has 1 aromatic heterocycles. The van der Waals surface area contributed by atoms with Gasteiger partial charge in [0.15, 0.2) is 11.5 Å². The van der Waals surface area contributed by atoms with Gasteiger partial charge in [-0.05, 0) is 49.2 Å². The van der Waals surface area contributed by atoms with E-state index in [4.69, 9.17) is 25.6 Å². The second-order valence-electron chi connectivity index (χ2n) is 6.81. The maximum absolute atomic E-state index is 13.3. The third-order valence-corrected chi connectivity index (χ3v) is 5.36. The largest absolute Gasteiger partial charge is 0.493 e. The van der Waals surface area contributed by atoms with Gasteiger partial charge in [0.05, 0.1) is 24.8 Å². The smallest absolute Gasteiger partial charge is 0.256 e. The van der Waals surface area contributed by atoms with Gasteiger partial charge in [0, 0.05) is 12.1 Å². The fraction of sp³-hybridized carbons (Fsp3) is 0.286. The standard InChI is InChI=1S/C21H19ClFN3O4/c1-28-17-8-5-12(10-18(17)29-2)19-24-20(30-25-19)16-4-3-9-26(16)21(27)14-7-6-13(23)11-15(14)22/h5-8,10-11,16H,3-4,9H2,1-2H3. The first-order valence-corrected chi connectivity index (χ1v) is 9.71. The zero-order valence-electron chi connectivity index (χ0n) is 16.4. The van der Waals surface area contributed by atoms with Crippen LogP contribution in [-0.2, 0) is 0 Å². The highest BCUT2D eigenvalue weighted by atomic mass is 35.5. The predicted molar refractivity (Wildman–Crippen MR) is 107 cm³/mol. The number of methoxy groups -OCH3 is 2. The molecule has 0 spiro atoms. The molecule has 156 valence electrons. The minimum atomic E-state index is -0.494. The van der Waals surface area contributed by atoms with E-state index in [1.165, 1.54) is 12.1 Å². The van der Waals surface area contributed by atoms with Crippen molar-refractivity contribution in [2.75, 3.05) is 20.8 Å². The monoisotopic (exact) mass is 431 g/mol. The Kier molecular flexibility index (Phi) is 5.59. The Morgan fingerprint density at radius 2 is 2.00 bits per heavy atom. The maximum atomic E-state index is 13.3. The summed E-state index contributed by atoms with van der Waals surface area (Å²) in [6.45, 7) is 0.519. The minimum Gasteiger partial charge on any atom is -0.493 e. The highest BCUT2D eigenvalue weighted by molar-refractivity contribution is 6.33. The molecular formula is C21H19ClFN3O4. The number of nitrogens with zero attached hydrogens (tertiary/aromatic N) is 3. The number of hydrogen-bond acceptors (Lipinski definition) is 6. The number of likely N-dealkylation sites (tertiary alicyclic amines) is 1. The fourth-order valence-electron chi connectivity index (χ4n) is 3.55. The molecule has 0 N–H and O–H groups in total. The first-order chi connectivity index (χ1) is 14.5. The molecule has 7 nitrogen and oxygen atoms in total. The van der Waals surface area contributed by atoms with Crippen molar-refractivity contribution in [1.82, 2.24) is 15.0 Å². The molecule has 9 heteroatoms. The molecule has 0 saturated carbocycles. The quantitative estimate of drug-likeness (QED) is 0.591. The van der Waals surface area contributed by atoms with Crippen LogP contribution in [0, 0.1) is 5.82 Å². The Hall–Kier alpha value is -3.13. The molecule has 1 saturated heterocycles. The van der Waals surface area contributed by atoms with Crippen LogP contribution < -0.4 is 9.47 Å². The van der Waals surface area contributed by atoms with Gasteiger partial charge in [0.25, 0.3) is 5.91 Å². The lowest BCUT2D eigenvalue weighted by molar-refractivity contribution is 0.0710. The van der Waals surface area contributed by atoms with Crippen LogP contribution >= 0.6 is 11.6 Å². The van der Waals surface area contributed by atoms with E-state index >= 15 is 0 Å². The second-order valence-corrected chi connectivity index (χ2v) is 7.21. The van der Waals surface area contributed by atoms with Crippen molar-refractivity contribution in [3.8, 4) is 22.9 Å². The number of amides is 1. The van der Waals surface area contributed by atoms with Gasteiger partial charge in [-0.2, -0.15) is 4.98 Å². The Balaban J connectivity index is 1.60. The highest BCUT2D eigenvalue weighted by Gasteiger charge is 2.35. The van der Waals surface area contributed by atoms with Gasteiger partial charge in [0.1, 0.15) is 11.9 Å². The van der Waals surface area contributed by atoms with E-state index in [0.717, 1.165) is 12.5 Å². The molecule has 1 amide bonds. The summed E-state index contributed by atoms with van der Waals surface area (Å²) in [6, 6.07) is 8.66. The Bertz CT molecular complexity index is 1090. The molecule has 0 bridgehead atoms. The van der Waals surface area contributed by atoms with Crippen molar-refractivity contribution >= 4 is 17.5 Å². The zero-order chi connectivity index (χ0) is 21.3. The number of carbonyl (C=O) groups excluding carboxylic acids is 1. The van der Waals surface area contributed by atoms with Gasteiger partial charge in [-0.25, -0.2) is 4.39 Å². The molecule has 3 aromatic rings. The van der Waals surface area contributed by atoms with Crippen LogP contribution in [-0.4, -0.2) is 41.7 Å². The van der Waals surface area contributed by atoms with Crippen LogP contribution in [0.2, 0.25) is 5.02 Å². The summed E-state index contributed by atoms with van der Waals surface area (Å²) >= 11 is 6.07. The summed E-state index contributed by atoms with van der Waals surface area (Å²) in [7, 11) is 3.11. The summed E-state index contributed by atoms with van der Waals surface area (Å²) in [6.07, 6.45) is 1.46. The molecule has 4 rings (SSSR count). The van der Waals surface area contributed by atoms with E-state index in [9.17, 15) is 9.18 Å². The topological polar surface area (TPSA) is 77.7 Å². The number of halogens is 2. The van der Waals surface area contributed by atoms with Crippen molar-refractivity contribution in [3.05, 3.63) is 58.7 Å². The van der Waals surface area contributed by atoms with Crippen LogP contribution in [0.15, 0.2) is 40.9 Å². The normalized spacial score (nSPS) is 16.0. The summed E-state index contributed by atoms with van der Waals surface area (Å²) in [5.74, 6) is 1.06. The molecule has 1 aliphatic heterocycles. The first kappa shape index (κ1) is 20.2. The molecule has 0 aliphatic carbocycles. The molecule has 2 heterocycles. The van der Waals surface area contributed by atoms with E-state index in [1.807, 2.05) is 0 Å². The Morgan fingerprint density at radius 3 is 2.73 bits per heavy atom. The lowest BCUT2D eigenvalue weighted by atomic mass is 10.1. The van der Waals surface area contributed by atoms with Gasteiger partial charge in [-0.3, -0.25) is 4.79 Å². The average Bonchev–Trinajstić information content (AvgIpc) is 3.42. The molecule has 1 fully saturated rings. The van der Waals surface area contributed by atoms with Gasteiger partial charge < -0.3 is 18.9 Å². The number of rotatable bonds is 5. The fourth-order valence-corrected chi connectivity index (χ4v) is 3.80. The molecular weight excluding hydrogens is 413 g/mol. The average molecular weight is 432 g/mol.